The minimum Gasteiger partial charge on any atom is -0.461 e. The SMILES string of the molecule is Cc1ccc(Sc2nc(OCCN(C)c3ccc(-c4nc5ccccc5s4)cc3)nc(N3CCCCC3)n2)cc1. The molecule has 0 saturated carbocycles. The summed E-state index contributed by atoms with van der Waals surface area (Å²) in [6, 6.07) is 25.6. The number of rotatable bonds is 9. The van der Waals surface area contributed by atoms with Crippen molar-refractivity contribution in [3.63, 3.8) is 0 Å². The van der Waals surface area contributed by atoms with Gasteiger partial charge in [0.25, 0.3) is 0 Å². The van der Waals surface area contributed by atoms with E-state index in [0.29, 0.717) is 30.3 Å². The number of para-hydroxylation sites is 1. The molecule has 3 heterocycles. The van der Waals surface area contributed by atoms with Crippen LogP contribution in [-0.2, 0) is 0 Å². The number of thiazole rings is 1. The van der Waals surface area contributed by atoms with E-state index in [4.69, 9.17) is 14.7 Å². The summed E-state index contributed by atoms with van der Waals surface area (Å²) in [5, 5.41) is 1.70. The highest BCUT2D eigenvalue weighted by Crippen LogP contribution is 2.31. The van der Waals surface area contributed by atoms with Crippen molar-refractivity contribution in [3.05, 3.63) is 78.4 Å². The van der Waals surface area contributed by atoms with E-state index in [1.807, 2.05) is 6.07 Å². The lowest BCUT2D eigenvalue weighted by molar-refractivity contribution is 0.295. The molecule has 0 N–H and O–H groups in total. The minimum absolute atomic E-state index is 0.379. The Bertz CT molecular complexity index is 1530. The lowest BCUT2D eigenvalue weighted by Crippen LogP contribution is -2.31. The third-order valence-electron chi connectivity index (χ3n) is 6.96. The van der Waals surface area contributed by atoms with Gasteiger partial charge in [-0.25, -0.2) is 4.98 Å². The predicted octanol–water partition coefficient (Wildman–Crippen LogP) is 7.11. The van der Waals surface area contributed by atoms with Crippen molar-refractivity contribution in [1.82, 2.24) is 19.9 Å². The van der Waals surface area contributed by atoms with Gasteiger partial charge in [0.1, 0.15) is 11.6 Å². The molecule has 5 aromatic rings. The lowest BCUT2D eigenvalue weighted by atomic mass is 10.1. The van der Waals surface area contributed by atoms with Crippen molar-refractivity contribution >= 4 is 45.0 Å². The fraction of sp³-hybridized carbons (Fsp3) is 0.290. The van der Waals surface area contributed by atoms with Gasteiger partial charge in [0.15, 0.2) is 0 Å². The quantitative estimate of drug-likeness (QED) is 0.186. The molecule has 0 bridgehead atoms. The number of aryl methyl sites for hydroxylation is 1. The molecular weight excluding hydrogens is 537 g/mol. The zero-order valence-corrected chi connectivity index (χ0v) is 24.4. The highest BCUT2D eigenvalue weighted by atomic mass is 32.2. The van der Waals surface area contributed by atoms with Crippen LogP contribution in [0.4, 0.5) is 11.6 Å². The van der Waals surface area contributed by atoms with Crippen molar-refractivity contribution in [1.29, 1.82) is 0 Å². The summed E-state index contributed by atoms with van der Waals surface area (Å²) >= 11 is 3.26. The summed E-state index contributed by atoms with van der Waals surface area (Å²) in [5.74, 6) is 0.707. The molecule has 2 aromatic heterocycles. The molecule has 9 heteroatoms. The molecule has 0 spiro atoms. The standard InChI is InChI=1S/C31H32N6OS2/c1-22-10-16-25(17-11-22)39-31-34-29(37-18-6-3-7-19-37)33-30(35-31)38-21-20-36(2)24-14-12-23(13-15-24)28-32-26-8-4-5-9-27(26)40-28/h4-5,8-17H,3,6-7,18-21H2,1-2H3. The van der Waals surface area contributed by atoms with Gasteiger partial charge in [0, 0.05) is 36.3 Å². The first-order valence-corrected chi connectivity index (χ1v) is 15.3. The number of nitrogens with zero attached hydrogens (tertiary/aromatic N) is 6. The average Bonchev–Trinajstić information content (AvgIpc) is 3.43. The largest absolute Gasteiger partial charge is 0.461 e. The van der Waals surface area contributed by atoms with Crippen LogP contribution in [0.5, 0.6) is 6.01 Å². The van der Waals surface area contributed by atoms with Crippen LogP contribution in [-0.4, -0.2) is 53.2 Å². The summed E-state index contributed by atoms with van der Waals surface area (Å²) in [7, 11) is 2.07. The first-order chi connectivity index (χ1) is 19.6. The Balaban J connectivity index is 1.11. The van der Waals surface area contributed by atoms with Gasteiger partial charge < -0.3 is 14.5 Å². The molecule has 0 aliphatic carbocycles. The summed E-state index contributed by atoms with van der Waals surface area (Å²) < 4.78 is 7.31. The van der Waals surface area contributed by atoms with Crippen LogP contribution in [0.25, 0.3) is 20.8 Å². The summed E-state index contributed by atoms with van der Waals surface area (Å²) in [6.45, 7) is 5.19. The molecular formula is C31H32N6OS2. The summed E-state index contributed by atoms with van der Waals surface area (Å²) in [5.41, 5.74) is 4.52. The maximum absolute atomic E-state index is 6.10. The minimum atomic E-state index is 0.379. The first-order valence-electron chi connectivity index (χ1n) is 13.7. The molecule has 0 atom stereocenters. The van der Waals surface area contributed by atoms with E-state index in [0.717, 1.165) is 52.6 Å². The predicted molar refractivity (Wildman–Crippen MR) is 165 cm³/mol. The third-order valence-corrected chi connectivity index (χ3v) is 8.92. The van der Waals surface area contributed by atoms with Crippen LogP contribution in [0.1, 0.15) is 24.8 Å². The number of ether oxygens (including phenoxy) is 1. The summed E-state index contributed by atoms with van der Waals surface area (Å²) in [4.78, 5) is 24.4. The maximum atomic E-state index is 6.10. The smallest absolute Gasteiger partial charge is 0.322 e. The Labute approximate surface area is 243 Å². The Morgan fingerprint density at radius 1 is 0.875 bits per heavy atom. The Hall–Kier alpha value is -3.69. The molecule has 1 aliphatic heterocycles. The molecule has 1 saturated heterocycles. The van der Waals surface area contributed by atoms with Gasteiger partial charge in [0.2, 0.25) is 11.1 Å². The highest BCUT2D eigenvalue weighted by molar-refractivity contribution is 7.99. The number of fused-ring (bicyclic) bond motifs is 1. The van der Waals surface area contributed by atoms with E-state index in [1.165, 1.54) is 16.7 Å². The van der Waals surface area contributed by atoms with Gasteiger partial charge in [-0.3, -0.25) is 0 Å². The van der Waals surface area contributed by atoms with Crippen LogP contribution in [0.15, 0.2) is 82.8 Å². The fourth-order valence-electron chi connectivity index (χ4n) is 4.64. The fourth-order valence-corrected chi connectivity index (χ4v) is 6.35. The molecule has 0 unspecified atom stereocenters. The molecule has 1 aliphatic rings. The number of piperidine rings is 1. The monoisotopic (exact) mass is 568 g/mol. The molecule has 6 rings (SSSR count). The van der Waals surface area contributed by atoms with Crippen molar-refractivity contribution in [2.24, 2.45) is 0 Å². The summed E-state index contributed by atoms with van der Waals surface area (Å²) in [6.07, 6.45) is 3.57. The first kappa shape index (κ1) is 26.5. The molecule has 204 valence electrons. The van der Waals surface area contributed by atoms with Crippen molar-refractivity contribution in [2.45, 2.75) is 36.2 Å². The van der Waals surface area contributed by atoms with Crippen LogP contribution in [0, 0.1) is 6.92 Å². The molecule has 3 aromatic carbocycles. The van der Waals surface area contributed by atoms with Crippen molar-refractivity contribution < 1.29 is 4.74 Å². The van der Waals surface area contributed by atoms with Crippen molar-refractivity contribution in [3.8, 4) is 16.6 Å². The number of benzene rings is 3. The van der Waals surface area contributed by atoms with Gasteiger partial charge in [-0.15, -0.1) is 11.3 Å². The zero-order valence-electron chi connectivity index (χ0n) is 22.8. The topological polar surface area (TPSA) is 67.3 Å². The molecule has 1 fully saturated rings. The Morgan fingerprint density at radius 2 is 1.65 bits per heavy atom. The van der Waals surface area contributed by atoms with E-state index in [9.17, 15) is 0 Å². The average molecular weight is 569 g/mol. The second-order valence-corrected chi connectivity index (χ2v) is 12.0. The number of hydrogen-bond acceptors (Lipinski definition) is 9. The Kier molecular flexibility index (Phi) is 8.11. The Morgan fingerprint density at radius 3 is 2.42 bits per heavy atom. The van der Waals surface area contributed by atoms with Gasteiger partial charge >= 0.3 is 6.01 Å². The third kappa shape index (κ3) is 6.37. The molecule has 0 amide bonds. The van der Waals surface area contributed by atoms with Crippen molar-refractivity contribution in [2.75, 3.05) is 43.1 Å². The van der Waals surface area contributed by atoms with E-state index in [1.54, 1.807) is 23.1 Å². The number of anilines is 2. The number of aromatic nitrogens is 4. The van der Waals surface area contributed by atoms with E-state index in [-0.39, 0.29) is 0 Å². The number of hydrogen-bond donors (Lipinski definition) is 0. The van der Waals surface area contributed by atoms with Gasteiger partial charge in [-0.2, -0.15) is 15.0 Å². The van der Waals surface area contributed by atoms with E-state index in [2.05, 4.69) is 100 Å². The van der Waals surface area contributed by atoms with Crippen LogP contribution >= 0.6 is 23.1 Å². The molecule has 7 nitrogen and oxygen atoms in total. The highest BCUT2D eigenvalue weighted by Gasteiger charge is 2.18. The lowest BCUT2D eigenvalue weighted by Gasteiger charge is -2.26. The van der Waals surface area contributed by atoms with Gasteiger partial charge in [-0.05, 0) is 86.5 Å². The second kappa shape index (κ2) is 12.2. The zero-order chi connectivity index (χ0) is 27.3. The van der Waals surface area contributed by atoms with E-state index >= 15 is 0 Å². The van der Waals surface area contributed by atoms with Crippen LogP contribution < -0.4 is 14.5 Å². The van der Waals surface area contributed by atoms with Crippen LogP contribution in [0.2, 0.25) is 0 Å². The maximum Gasteiger partial charge on any atom is 0.322 e. The normalized spacial score (nSPS) is 13.5. The second-order valence-electron chi connectivity index (χ2n) is 9.97. The molecule has 0 radical (unpaired) electrons. The van der Waals surface area contributed by atoms with Gasteiger partial charge in [0.05, 0.1) is 16.8 Å². The number of likely N-dealkylation sites (N-methyl/N-ethyl adjacent to an activating group) is 1. The molecule has 40 heavy (non-hydrogen) atoms. The van der Waals surface area contributed by atoms with Crippen LogP contribution in [0.3, 0.4) is 0 Å². The van der Waals surface area contributed by atoms with Gasteiger partial charge in [-0.1, -0.05) is 29.8 Å². The van der Waals surface area contributed by atoms with E-state index < -0.39 is 0 Å².